The van der Waals surface area contributed by atoms with Crippen molar-refractivity contribution in [1.29, 1.82) is 0 Å². The van der Waals surface area contributed by atoms with Crippen molar-refractivity contribution in [2.75, 3.05) is 7.11 Å². The molecular formula is C13H16F3NO2S. The molecular weight excluding hydrogens is 291 g/mol. The third-order valence-corrected chi connectivity index (χ3v) is 3.73. The lowest BCUT2D eigenvalue weighted by Crippen LogP contribution is -2.28. The Bertz CT molecular complexity index is 516. The topological polar surface area (TPSA) is 38.7 Å². The summed E-state index contributed by atoms with van der Waals surface area (Å²) in [5.41, 5.74) is -1.29. The summed E-state index contributed by atoms with van der Waals surface area (Å²) >= 11 is 0. The monoisotopic (exact) mass is 307 g/mol. The van der Waals surface area contributed by atoms with Gasteiger partial charge in [0.2, 0.25) is 0 Å². The van der Waals surface area contributed by atoms with Crippen molar-refractivity contribution < 1.29 is 22.1 Å². The van der Waals surface area contributed by atoms with Crippen LogP contribution in [-0.4, -0.2) is 28.0 Å². The minimum atomic E-state index is -4.67. The summed E-state index contributed by atoms with van der Waals surface area (Å²) in [7, 11) is -0.566. The van der Waals surface area contributed by atoms with Crippen LogP contribution in [0.2, 0.25) is 0 Å². The Kier molecular flexibility index (Phi) is 4.96. The third kappa shape index (κ3) is 4.33. The molecule has 0 aliphatic rings. The number of ether oxygens (including phenoxy) is 1. The molecule has 0 spiro atoms. The van der Waals surface area contributed by atoms with E-state index in [2.05, 4.69) is 4.40 Å². The highest BCUT2D eigenvalue weighted by atomic mass is 32.2. The van der Waals surface area contributed by atoms with Gasteiger partial charge in [-0.2, -0.15) is 17.6 Å². The fraction of sp³-hybridized carbons (Fsp3) is 0.462. The van der Waals surface area contributed by atoms with Gasteiger partial charge in [0.15, 0.2) is 5.71 Å². The zero-order chi connectivity index (χ0) is 15.6. The average molecular weight is 307 g/mol. The molecule has 0 aliphatic heterocycles. The molecule has 1 atom stereocenters. The van der Waals surface area contributed by atoms with Crippen LogP contribution in [0.25, 0.3) is 0 Å². The van der Waals surface area contributed by atoms with Crippen LogP contribution in [0.15, 0.2) is 28.7 Å². The second-order valence-electron chi connectivity index (χ2n) is 5.03. The molecule has 20 heavy (non-hydrogen) atoms. The first-order chi connectivity index (χ1) is 9.05. The van der Waals surface area contributed by atoms with E-state index in [9.17, 15) is 17.4 Å². The molecule has 7 heteroatoms. The van der Waals surface area contributed by atoms with E-state index >= 15 is 0 Å². The molecule has 112 valence electrons. The van der Waals surface area contributed by atoms with Gasteiger partial charge in [-0.25, -0.2) is 4.21 Å². The van der Waals surface area contributed by atoms with Crippen LogP contribution in [0.1, 0.15) is 26.3 Å². The standard InChI is InChI=1S/C13H16F3NO2S/c1-12(2,3)20(18)17-11(13(14,15)16)9-5-7-10(19-4)8-6-9/h5-8H,1-4H3/b17-11-. The zero-order valence-corrected chi connectivity index (χ0v) is 12.4. The highest BCUT2D eigenvalue weighted by molar-refractivity contribution is 7.85. The number of hydrogen-bond acceptors (Lipinski definition) is 2. The normalized spacial score (nSPS) is 15.1. The van der Waals surface area contributed by atoms with E-state index < -0.39 is 27.6 Å². The van der Waals surface area contributed by atoms with E-state index in [4.69, 9.17) is 4.74 Å². The van der Waals surface area contributed by atoms with Crippen LogP contribution in [0.4, 0.5) is 13.2 Å². The van der Waals surface area contributed by atoms with Crippen molar-refractivity contribution in [1.82, 2.24) is 0 Å². The molecule has 0 bridgehead atoms. The van der Waals surface area contributed by atoms with E-state index in [-0.39, 0.29) is 5.56 Å². The Balaban J connectivity index is 3.26. The predicted octanol–water partition coefficient (Wildman–Crippen LogP) is 3.51. The van der Waals surface area contributed by atoms with Crippen LogP contribution in [0, 0.1) is 0 Å². The average Bonchev–Trinajstić information content (AvgIpc) is 2.33. The first-order valence-electron chi connectivity index (χ1n) is 5.78. The molecule has 0 radical (unpaired) electrons. The molecule has 0 heterocycles. The highest BCUT2D eigenvalue weighted by Gasteiger charge is 2.38. The van der Waals surface area contributed by atoms with Crippen LogP contribution in [0.5, 0.6) is 5.75 Å². The smallest absolute Gasteiger partial charge is 0.434 e. The van der Waals surface area contributed by atoms with Crippen molar-refractivity contribution in [3.8, 4) is 5.75 Å². The minimum Gasteiger partial charge on any atom is -0.497 e. The van der Waals surface area contributed by atoms with Gasteiger partial charge in [0.1, 0.15) is 16.7 Å². The lowest BCUT2D eigenvalue weighted by atomic mass is 10.1. The highest BCUT2D eigenvalue weighted by Crippen LogP contribution is 2.26. The summed E-state index contributed by atoms with van der Waals surface area (Å²) in [5, 5.41) is 0. The summed E-state index contributed by atoms with van der Waals surface area (Å²) in [6, 6.07) is 5.28. The molecule has 1 unspecified atom stereocenters. The van der Waals surface area contributed by atoms with Gasteiger partial charge < -0.3 is 4.74 Å². The van der Waals surface area contributed by atoms with Gasteiger partial charge in [-0.3, -0.25) is 0 Å². The van der Waals surface area contributed by atoms with Crippen molar-refractivity contribution >= 4 is 16.7 Å². The van der Waals surface area contributed by atoms with Crippen molar-refractivity contribution in [2.24, 2.45) is 4.40 Å². The second-order valence-corrected chi connectivity index (χ2v) is 6.93. The molecule has 0 aromatic heterocycles. The van der Waals surface area contributed by atoms with Gasteiger partial charge in [0.25, 0.3) is 0 Å². The summed E-state index contributed by atoms with van der Waals surface area (Å²) in [4.78, 5) is 0. The Labute approximate surface area is 118 Å². The fourth-order valence-corrected chi connectivity index (χ4v) is 1.89. The third-order valence-electron chi connectivity index (χ3n) is 2.33. The number of rotatable bonds is 3. The second kappa shape index (κ2) is 5.95. The maximum absolute atomic E-state index is 13.0. The maximum Gasteiger partial charge on any atom is 0.434 e. The van der Waals surface area contributed by atoms with Crippen LogP contribution in [-0.2, 0) is 11.0 Å². The molecule has 1 aromatic carbocycles. The van der Waals surface area contributed by atoms with E-state index in [0.717, 1.165) is 0 Å². The summed E-state index contributed by atoms with van der Waals surface area (Å²) in [5.74, 6) is 0.437. The molecule has 0 fully saturated rings. The quantitative estimate of drug-likeness (QED) is 0.802. The number of hydrogen-bond donors (Lipinski definition) is 0. The number of methoxy groups -OCH3 is 1. The van der Waals surface area contributed by atoms with Crippen LogP contribution < -0.4 is 4.74 Å². The minimum absolute atomic E-state index is 0.143. The van der Waals surface area contributed by atoms with E-state index in [0.29, 0.717) is 5.75 Å². The van der Waals surface area contributed by atoms with Gasteiger partial charge in [0, 0.05) is 5.56 Å². The lowest BCUT2D eigenvalue weighted by Gasteiger charge is -2.16. The van der Waals surface area contributed by atoms with Gasteiger partial charge >= 0.3 is 6.18 Å². The van der Waals surface area contributed by atoms with Gasteiger partial charge in [-0.1, -0.05) is 0 Å². The summed E-state index contributed by atoms with van der Waals surface area (Å²) in [6.45, 7) is 4.69. The number of alkyl halides is 3. The first-order valence-corrected chi connectivity index (χ1v) is 6.88. The Morgan fingerprint density at radius 1 is 1.15 bits per heavy atom. The molecule has 0 saturated carbocycles. The van der Waals surface area contributed by atoms with Crippen molar-refractivity contribution in [3.05, 3.63) is 29.8 Å². The fourth-order valence-electron chi connectivity index (χ4n) is 1.24. The summed E-state index contributed by atoms with van der Waals surface area (Å²) < 4.78 is 58.3. The molecule has 1 rings (SSSR count). The van der Waals surface area contributed by atoms with Gasteiger partial charge in [-0.05, 0) is 45.0 Å². The van der Waals surface area contributed by atoms with Crippen LogP contribution in [0.3, 0.4) is 0 Å². The summed E-state index contributed by atoms with van der Waals surface area (Å²) in [6.07, 6.45) is -4.67. The molecule has 0 amide bonds. The Hall–Kier alpha value is -1.37. The van der Waals surface area contributed by atoms with Crippen molar-refractivity contribution in [3.63, 3.8) is 0 Å². The largest absolute Gasteiger partial charge is 0.497 e. The lowest BCUT2D eigenvalue weighted by molar-refractivity contribution is -0.0578. The molecule has 0 N–H and O–H groups in total. The molecule has 0 aliphatic carbocycles. The number of nitrogens with zero attached hydrogens (tertiary/aromatic N) is 1. The van der Waals surface area contributed by atoms with Gasteiger partial charge in [-0.15, -0.1) is 0 Å². The molecule has 3 nitrogen and oxygen atoms in total. The van der Waals surface area contributed by atoms with Crippen LogP contribution >= 0.6 is 0 Å². The SMILES string of the molecule is COc1ccc(/C(=N/S(=O)C(C)(C)C)C(F)(F)F)cc1. The zero-order valence-electron chi connectivity index (χ0n) is 11.6. The molecule has 0 saturated heterocycles. The van der Waals surface area contributed by atoms with Gasteiger partial charge in [0.05, 0.1) is 11.9 Å². The van der Waals surface area contributed by atoms with E-state index in [1.807, 2.05) is 0 Å². The van der Waals surface area contributed by atoms with E-state index in [1.165, 1.54) is 31.4 Å². The Morgan fingerprint density at radius 2 is 1.65 bits per heavy atom. The molecule has 1 aromatic rings. The maximum atomic E-state index is 13.0. The van der Waals surface area contributed by atoms with Crippen molar-refractivity contribution in [2.45, 2.75) is 31.7 Å². The number of halogens is 3. The first kappa shape index (κ1) is 16.7. The number of benzene rings is 1. The van der Waals surface area contributed by atoms with E-state index in [1.54, 1.807) is 20.8 Å². The predicted molar refractivity (Wildman–Crippen MR) is 73.5 cm³/mol. The Morgan fingerprint density at radius 3 is 2.00 bits per heavy atom.